The van der Waals surface area contributed by atoms with Gasteiger partial charge in [-0.05, 0) is 139 Å². The molecule has 0 aliphatic heterocycles. The van der Waals surface area contributed by atoms with Crippen LogP contribution in [0.2, 0.25) is 0 Å². The Bertz CT molecular complexity index is 3540. The van der Waals surface area contributed by atoms with Crippen LogP contribution in [-0.2, 0) is 12.4 Å². The van der Waals surface area contributed by atoms with Crippen LogP contribution in [0.4, 0.5) is 26.3 Å². The highest BCUT2D eigenvalue weighted by Gasteiger charge is 2.32. The van der Waals surface area contributed by atoms with Crippen molar-refractivity contribution in [1.29, 1.82) is 5.26 Å². The lowest BCUT2D eigenvalue weighted by molar-refractivity contribution is -0.138. The average Bonchev–Trinajstić information content (AvgIpc) is 3.77. The summed E-state index contributed by atoms with van der Waals surface area (Å²) >= 11 is 0. The summed E-state index contributed by atoms with van der Waals surface area (Å²) < 4.78 is 87.8. The van der Waals surface area contributed by atoms with E-state index < -0.39 is 23.5 Å². The van der Waals surface area contributed by atoms with Gasteiger partial charge in [0.15, 0.2) is 0 Å². The molecule has 10 aromatic rings. The van der Waals surface area contributed by atoms with E-state index in [9.17, 15) is 31.6 Å². The van der Waals surface area contributed by atoms with Gasteiger partial charge in [0, 0.05) is 32.7 Å². The van der Waals surface area contributed by atoms with E-state index in [0.29, 0.717) is 38.9 Å². The van der Waals surface area contributed by atoms with Crippen LogP contribution < -0.4 is 0 Å². The van der Waals surface area contributed by atoms with Crippen LogP contribution in [0, 0.1) is 32.1 Å². The maximum Gasteiger partial charge on any atom is 0.416 e. The summed E-state index contributed by atoms with van der Waals surface area (Å²) in [6.45, 7) is 5.34. The van der Waals surface area contributed by atoms with E-state index in [2.05, 4.69) is 27.3 Å². The van der Waals surface area contributed by atoms with Crippen molar-refractivity contribution < 1.29 is 26.3 Å². The first kappa shape index (κ1) is 39.6. The lowest BCUT2D eigenvalue weighted by Gasteiger charge is -2.19. The standard InChI is InChI=1S/C54H35F6N3/c1-31-12-17-49(62-47-10-6-4-8-41(47)45-28-35(14-18-50(45)62)37-20-32(2)22-39(26-37)53(55,56)57)44(24-31)43-16-13-34(30-61)25-52(43)63-48-11-7-5-9-42(48)46-29-36(15-19-51(46)63)38-21-33(3)23-40(27-38)54(58,59)60/h4-29H,1-3H3. The topological polar surface area (TPSA) is 33.6 Å². The zero-order valence-electron chi connectivity index (χ0n) is 34.1. The van der Waals surface area contributed by atoms with Gasteiger partial charge in [0.2, 0.25) is 0 Å². The molecule has 0 unspecified atom stereocenters. The molecule has 0 saturated heterocycles. The quantitative estimate of drug-likeness (QED) is 0.159. The molecule has 0 bridgehead atoms. The number of benzene rings is 8. The Hall–Kier alpha value is -7.57. The van der Waals surface area contributed by atoms with E-state index in [4.69, 9.17) is 0 Å². The number of hydrogen-bond acceptors (Lipinski definition) is 1. The van der Waals surface area contributed by atoms with Crippen molar-refractivity contribution in [3.63, 3.8) is 0 Å². The minimum absolute atomic E-state index is 0.444. The van der Waals surface area contributed by atoms with Crippen molar-refractivity contribution in [2.24, 2.45) is 0 Å². The van der Waals surface area contributed by atoms with Gasteiger partial charge in [-0.1, -0.05) is 78.4 Å². The molecular weight excluding hydrogens is 805 g/mol. The molecule has 0 atom stereocenters. The first-order valence-corrected chi connectivity index (χ1v) is 20.3. The molecule has 0 spiro atoms. The SMILES string of the molecule is Cc1cc(-c2ccc3c(c2)c2ccccc2n3-c2ccc(C)cc2-c2ccc(C#N)cc2-n2c3ccccc3c3cc(-c4cc(C)cc(C(F)(F)F)c4)ccc32)cc(C(F)(F)F)c1. The fourth-order valence-corrected chi connectivity index (χ4v) is 9.13. The molecule has 0 aliphatic carbocycles. The van der Waals surface area contributed by atoms with E-state index in [-0.39, 0.29) is 0 Å². The minimum atomic E-state index is -4.49. The van der Waals surface area contributed by atoms with Crippen molar-refractivity contribution >= 4 is 43.6 Å². The first-order chi connectivity index (χ1) is 30.2. The molecule has 2 heterocycles. The minimum Gasteiger partial charge on any atom is -0.309 e. The van der Waals surface area contributed by atoms with E-state index in [1.165, 1.54) is 12.1 Å². The van der Waals surface area contributed by atoms with Gasteiger partial charge in [0.05, 0.1) is 56.2 Å². The second-order valence-corrected chi connectivity index (χ2v) is 16.2. The average molecular weight is 840 g/mol. The lowest BCUT2D eigenvalue weighted by atomic mass is 9.97. The van der Waals surface area contributed by atoms with Gasteiger partial charge >= 0.3 is 12.4 Å². The molecule has 0 radical (unpaired) electrons. The van der Waals surface area contributed by atoms with E-state index in [0.717, 1.165) is 83.8 Å². The Morgan fingerprint density at radius 3 is 1.40 bits per heavy atom. The third kappa shape index (κ3) is 6.79. The summed E-state index contributed by atoms with van der Waals surface area (Å²) in [4.78, 5) is 0. The van der Waals surface area contributed by atoms with Gasteiger partial charge in [-0.3, -0.25) is 0 Å². The van der Waals surface area contributed by atoms with Gasteiger partial charge in [-0.2, -0.15) is 31.6 Å². The second-order valence-electron chi connectivity index (χ2n) is 16.2. The Morgan fingerprint density at radius 2 is 0.889 bits per heavy atom. The zero-order valence-corrected chi connectivity index (χ0v) is 34.1. The van der Waals surface area contributed by atoms with E-state index in [1.54, 1.807) is 32.0 Å². The van der Waals surface area contributed by atoms with Crippen molar-refractivity contribution in [3.8, 4) is 50.8 Å². The largest absolute Gasteiger partial charge is 0.416 e. The van der Waals surface area contributed by atoms with Crippen LogP contribution in [0.5, 0.6) is 0 Å². The smallest absolute Gasteiger partial charge is 0.309 e. The van der Waals surface area contributed by atoms with Crippen LogP contribution in [0.3, 0.4) is 0 Å². The highest BCUT2D eigenvalue weighted by atomic mass is 19.4. The molecule has 308 valence electrons. The first-order valence-electron chi connectivity index (χ1n) is 20.3. The summed E-state index contributed by atoms with van der Waals surface area (Å²) in [5.74, 6) is 0. The van der Waals surface area contributed by atoms with Crippen LogP contribution in [0.1, 0.15) is 33.4 Å². The van der Waals surface area contributed by atoms with Crippen LogP contribution in [0.25, 0.3) is 88.4 Å². The molecule has 8 aromatic carbocycles. The molecule has 0 fully saturated rings. The number of hydrogen-bond donors (Lipinski definition) is 0. The normalized spacial score (nSPS) is 12.2. The highest BCUT2D eigenvalue weighted by molar-refractivity contribution is 6.12. The Kier molecular flexibility index (Phi) is 9.12. The fourth-order valence-electron chi connectivity index (χ4n) is 9.13. The number of fused-ring (bicyclic) bond motifs is 6. The van der Waals surface area contributed by atoms with Crippen molar-refractivity contribution in [2.75, 3.05) is 0 Å². The van der Waals surface area contributed by atoms with E-state index >= 15 is 0 Å². The number of para-hydroxylation sites is 2. The van der Waals surface area contributed by atoms with Crippen LogP contribution >= 0.6 is 0 Å². The second kappa shape index (κ2) is 14.5. The summed E-state index contributed by atoms with van der Waals surface area (Å²) in [5, 5.41) is 13.8. The number of nitriles is 1. The van der Waals surface area contributed by atoms with Gasteiger partial charge in [-0.25, -0.2) is 0 Å². The predicted molar refractivity (Wildman–Crippen MR) is 240 cm³/mol. The number of nitrogens with zero attached hydrogens (tertiary/aromatic N) is 3. The van der Waals surface area contributed by atoms with Gasteiger partial charge in [0.1, 0.15) is 0 Å². The third-order valence-corrected chi connectivity index (χ3v) is 11.9. The zero-order chi connectivity index (χ0) is 43.9. The summed E-state index contributed by atoms with van der Waals surface area (Å²) in [6.07, 6.45) is -8.98. The Morgan fingerprint density at radius 1 is 0.397 bits per heavy atom. The summed E-state index contributed by atoms with van der Waals surface area (Å²) in [6, 6.07) is 49.7. The molecule has 10 rings (SSSR count). The predicted octanol–water partition coefficient (Wildman–Crippen LogP) is 15.7. The van der Waals surface area contributed by atoms with E-state index in [1.807, 2.05) is 110 Å². The molecular formula is C54H35F6N3. The van der Waals surface area contributed by atoms with Crippen LogP contribution in [0.15, 0.2) is 158 Å². The molecule has 0 amide bonds. The Labute approximate surface area is 358 Å². The monoisotopic (exact) mass is 839 g/mol. The summed E-state index contributed by atoms with van der Waals surface area (Å²) in [5.41, 5.74) is 10.00. The molecule has 3 nitrogen and oxygen atoms in total. The van der Waals surface area contributed by atoms with Crippen molar-refractivity contribution in [2.45, 2.75) is 33.1 Å². The van der Waals surface area contributed by atoms with Gasteiger partial charge < -0.3 is 9.13 Å². The molecule has 63 heavy (non-hydrogen) atoms. The maximum atomic E-state index is 13.9. The molecule has 9 heteroatoms. The number of rotatable bonds is 5. The van der Waals surface area contributed by atoms with Gasteiger partial charge in [-0.15, -0.1) is 0 Å². The third-order valence-electron chi connectivity index (χ3n) is 11.9. The molecule has 2 aromatic heterocycles. The molecule has 0 N–H and O–H groups in total. The van der Waals surface area contributed by atoms with Crippen LogP contribution in [-0.4, -0.2) is 9.13 Å². The van der Waals surface area contributed by atoms with Gasteiger partial charge in [0.25, 0.3) is 0 Å². The Balaban J connectivity index is 1.20. The number of aryl methyl sites for hydroxylation is 3. The lowest BCUT2D eigenvalue weighted by Crippen LogP contribution is -2.05. The number of aromatic nitrogens is 2. The fraction of sp³-hybridized carbons (Fsp3) is 0.0926. The summed E-state index contributed by atoms with van der Waals surface area (Å²) in [7, 11) is 0. The van der Waals surface area contributed by atoms with Crippen molar-refractivity contribution in [3.05, 3.63) is 191 Å². The molecule has 0 aliphatic rings. The highest BCUT2D eigenvalue weighted by Crippen LogP contribution is 2.44. The number of halogens is 6. The molecule has 0 saturated carbocycles. The number of alkyl halides is 6. The van der Waals surface area contributed by atoms with Crippen molar-refractivity contribution in [1.82, 2.24) is 9.13 Å². The maximum absolute atomic E-state index is 13.9.